The summed E-state index contributed by atoms with van der Waals surface area (Å²) >= 11 is 0. The molecule has 1 N–H and O–H groups in total. The Labute approximate surface area is 291 Å². The predicted molar refractivity (Wildman–Crippen MR) is 188 cm³/mol. The second-order valence-corrected chi connectivity index (χ2v) is 11.1. The lowest BCUT2D eigenvalue weighted by Crippen LogP contribution is -3.00. The first-order chi connectivity index (χ1) is 21.3. The van der Waals surface area contributed by atoms with Gasteiger partial charge in [-0.3, -0.25) is 19.2 Å². The maximum atomic E-state index is 11.7. The van der Waals surface area contributed by atoms with Gasteiger partial charge in [-0.15, -0.1) is 0 Å². The number of aryl methyl sites for hydroxylation is 11. The number of hydrogen-bond acceptors (Lipinski definition) is 4. The first-order valence-corrected chi connectivity index (χ1v) is 16.0. The minimum Gasteiger partial charge on any atom is -1.00 e. The Morgan fingerprint density at radius 1 is 0.522 bits per heavy atom. The molecule has 0 atom stereocenters. The smallest absolute Gasteiger partial charge is 0.253 e. The summed E-state index contributed by atoms with van der Waals surface area (Å²) in [5, 5.41) is 0. The van der Waals surface area contributed by atoms with Crippen LogP contribution in [-0.4, -0.2) is 18.7 Å². The molecule has 4 rings (SSSR count). The molecule has 0 unspecified atom stereocenters. The van der Waals surface area contributed by atoms with Gasteiger partial charge in [-0.2, -0.15) is 0 Å². The highest BCUT2D eigenvalue weighted by Gasteiger charge is 2.03. The molecule has 0 bridgehead atoms. The van der Waals surface area contributed by atoms with Crippen LogP contribution in [0, 0.1) is 34.6 Å². The average molecular weight is 746 g/mol. The van der Waals surface area contributed by atoms with Gasteiger partial charge in [0, 0.05) is 66.7 Å². The lowest BCUT2D eigenvalue weighted by molar-refractivity contribution is -0.0000103. The third kappa shape index (κ3) is 13.1. The molecule has 0 spiro atoms. The van der Waals surface area contributed by atoms with Crippen LogP contribution in [0.15, 0.2) is 68.2 Å². The molecule has 46 heavy (non-hydrogen) atoms. The Hall–Kier alpha value is -3.47. The normalized spacial score (nSPS) is 9.89. The van der Waals surface area contributed by atoms with Gasteiger partial charge in [0.05, 0.1) is 0 Å². The van der Waals surface area contributed by atoms with Gasteiger partial charge in [0.2, 0.25) is 0 Å². The van der Waals surface area contributed by atoms with Crippen LogP contribution in [-0.2, 0) is 38.9 Å². The fourth-order valence-electron chi connectivity index (χ4n) is 4.75. The molecule has 4 aromatic heterocycles. The summed E-state index contributed by atoms with van der Waals surface area (Å²) in [4.78, 5) is 47.9. The second kappa shape index (κ2) is 21.3. The zero-order valence-corrected chi connectivity index (χ0v) is 31.9. The molecule has 0 saturated heterocycles. The van der Waals surface area contributed by atoms with E-state index in [1.807, 2.05) is 105 Å². The molecule has 0 aliphatic heterocycles. The molecule has 0 radical (unpaired) electrons. The maximum absolute atomic E-state index is 11.7. The van der Waals surface area contributed by atoms with Crippen molar-refractivity contribution in [3.05, 3.63) is 135 Å². The summed E-state index contributed by atoms with van der Waals surface area (Å²) in [6.45, 7) is 24.0. The number of aromatic amines is 1. The molecular weight excluding hydrogens is 691 g/mol. The summed E-state index contributed by atoms with van der Waals surface area (Å²) < 4.78 is 5.27. The number of H-pyrrole nitrogens is 1. The van der Waals surface area contributed by atoms with Gasteiger partial charge in [0.1, 0.15) is 0 Å². The zero-order chi connectivity index (χ0) is 34.3. The number of rotatable bonds is 6. The van der Waals surface area contributed by atoms with E-state index in [-0.39, 0.29) is 46.2 Å². The van der Waals surface area contributed by atoms with Crippen molar-refractivity contribution in [2.75, 3.05) is 0 Å². The highest BCUT2D eigenvalue weighted by Crippen LogP contribution is 2.03. The molecule has 4 aromatic rings. The monoisotopic (exact) mass is 745 g/mol. The van der Waals surface area contributed by atoms with Gasteiger partial charge < -0.3 is 42.7 Å². The van der Waals surface area contributed by atoms with Crippen molar-refractivity contribution in [1.82, 2.24) is 18.7 Å². The lowest BCUT2D eigenvalue weighted by atomic mass is 10.1. The number of nitrogens with zero attached hydrogens (tertiary/aromatic N) is 3. The Balaban J connectivity index is 0.000000587. The number of aromatic nitrogens is 4. The molecule has 9 heteroatoms. The van der Waals surface area contributed by atoms with Crippen LogP contribution in [0.3, 0.4) is 0 Å². The van der Waals surface area contributed by atoms with E-state index in [1.54, 1.807) is 26.8 Å². The van der Waals surface area contributed by atoms with Crippen molar-refractivity contribution in [2.24, 2.45) is 0 Å². The molecule has 0 aromatic carbocycles. The highest BCUT2D eigenvalue weighted by molar-refractivity contribution is 5.20. The van der Waals surface area contributed by atoms with Gasteiger partial charge in [-0.05, 0) is 121 Å². The third-order valence-electron chi connectivity index (χ3n) is 7.34. The van der Waals surface area contributed by atoms with E-state index in [9.17, 15) is 19.2 Å². The van der Waals surface area contributed by atoms with Crippen LogP contribution in [0.2, 0.25) is 0 Å². The predicted octanol–water partition coefficient (Wildman–Crippen LogP) is 3.21. The van der Waals surface area contributed by atoms with Crippen molar-refractivity contribution < 1.29 is 24.0 Å². The van der Waals surface area contributed by atoms with Gasteiger partial charge >= 0.3 is 0 Å². The van der Waals surface area contributed by atoms with Crippen LogP contribution < -0.4 is 46.2 Å². The van der Waals surface area contributed by atoms with E-state index >= 15 is 0 Å². The van der Waals surface area contributed by atoms with Gasteiger partial charge in [0.15, 0.2) is 0 Å². The quantitative estimate of drug-likeness (QED) is 0.307. The van der Waals surface area contributed by atoms with Gasteiger partial charge in [-0.25, -0.2) is 0 Å². The lowest BCUT2D eigenvalue weighted by Gasteiger charge is -2.07. The first kappa shape index (κ1) is 42.5. The van der Waals surface area contributed by atoms with Crippen molar-refractivity contribution >= 4 is 0 Å². The summed E-state index contributed by atoms with van der Waals surface area (Å²) in [6.07, 6.45) is 10.1. The topological polar surface area (TPSA) is 98.9 Å². The van der Waals surface area contributed by atoms with E-state index in [0.29, 0.717) is 0 Å². The van der Waals surface area contributed by atoms with Crippen LogP contribution in [0.1, 0.15) is 86.1 Å². The van der Waals surface area contributed by atoms with Gasteiger partial charge in [-0.1, -0.05) is 20.8 Å². The van der Waals surface area contributed by atoms with Crippen molar-refractivity contribution in [3.63, 3.8) is 0 Å². The molecule has 8 nitrogen and oxygen atoms in total. The summed E-state index contributed by atoms with van der Waals surface area (Å²) in [5.41, 5.74) is 8.54. The Morgan fingerprint density at radius 3 is 1.39 bits per heavy atom. The Bertz CT molecular complexity index is 1710. The minimum atomic E-state index is 0. The molecular formula is C37H54IN4O4-. The molecule has 4 heterocycles. The SMILES string of the molecule is CCc1cc(C)cn(CC)c1=O.CCc1cc(CC)c(=O)n(CC)c1.CCn1cc(C)cc(C)c1=O.Cc1c[nH]c(=O)c(C)c1.[I-]. The first-order valence-electron chi connectivity index (χ1n) is 16.0. The molecule has 254 valence electrons. The Morgan fingerprint density at radius 2 is 0.957 bits per heavy atom. The largest absolute Gasteiger partial charge is 1.00 e. The van der Waals surface area contributed by atoms with E-state index in [4.69, 9.17) is 0 Å². The second-order valence-electron chi connectivity index (χ2n) is 11.1. The summed E-state index contributed by atoms with van der Waals surface area (Å²) in [6, 6.07) is 7.76. The number of nitrogens with one attached hydrogen (secondary N) is 1. The fraction of sp³-hybridized carbons (Fsp3) is 0.459. The molecule has 0 fully saturated rings. The summed E-state index contributed by atoms with van der Waals surface area (Å²) in [7, 11) is 0. The highest BCUT2D eigenvalue weighted by atomic mass is 127. The van der Waals surface area contributed by atoms with Crippen molar-refractivity contribution in [2.45, 2.75) is 115 Å². The standard InChI is InChI=1S/C11H17NO.C10H15NO.C9H13NO.C7H9NO.HI/c1-4-9-7-10(5-2)11(13)12(6-3)8-9;1-4-9-6-8(3)7-11(5-2)10(9)12;1-4-10-6-7(2)5-8(3)9(10)11;1-5-3-6(2)7(9)8-4-5;/h7-8H,4-6H2,1-3H3;6-7H,4-5H2,1-3H3;5-6H,4H2,1-3H3;3-4H,1-2H3,(H,8,9);1H/p-1. The van der Waals surface area contributed by atoms with Crippen LogP contribution in [0.4, 0.5) is 0 Å². The number of hydrogen-bond donors (Lipinski definition) is 1. The van der Waals surface area contributed by atoms with Crippen LogP contribution >= 0.6 is 0 Å². The molecule has 0 aliphatic rings. The van der Waals surface area contributed by atoms with E-state index in [2.05, 4.69) is 11.9 Å². The zero-order valence-electron chi connectivity index (χ0n) is 29.7. The van der Waals surface area contributed by atoms with Crippen LogP contribution in [0.5, 0.6) is 0 Å². The number of pyridine rings is 4. The molecule has 0 aliphatic carbocycles. The van der Waals surface area contributed by atoms with E-state index in [1.165, 1.54) is 5.56 Å². The van der Waals surface area contributed by atoms with E-state index < -0.39 is 0 Å². The number of halogens is 1. The average Bonchev–Trinajstić information content (AvgIpc) is 3.02. The van der Waals surface area contributed by atoms with Crippen molar-refractivity contribution in [3.8, 4) is 0 Å². The fourth-order valence-corrected chi connectivity index (χ4v) is 4.75. The Kier molecular flexibility index (Phi) is 19.7. The third-order valence-corrected chi connectivity index (χ3v) is 7.34. The summed E-state index contributed by atoms with van der Waals surface area (Å²) in [5.74, 6) is 0. The van der Waals surface area contributed by atoms with Gasteiger partial charge in [0.25, 0.3) is 22.2 Å². The van der Waals surface area contributed by atoms with Crippen LogP contribution in [0.25, 0.3) is 0 Å². The molecule has 0 saturated carbocycles. The minimum absolute atomic E-state index is 0. The maximum Gasteiger partial charge on any atom is 0.253 e. The van der Waals surface area contributed by atoms with Crippen molar-refractivity contribution in [1.29, 1.82) is 0 Å². The molecule has 0 amide bonds. The van der Waals surface area contributed by atoms with E-state index in [0.717, 1.165) is 77.8 Å².